The summed E-state index contributed by atoms with van der Waals surface area (Å²) in [6.07, 6.45) is 1.53. The Kier molecular flexibility index (Phi) is 5.13. The van der Waals surface area contributed by atoms with Crippen molar-refractivity contribution >= 4 is 50.4 Å². The predicted molar refractivity (Wildman–Crippen MR) is 101 cm³/mol. The van der Waals surface area contributed by atoms with Gasteiger partial charge in [0.1, 0.15) is 5.82 Å². The molecule has 0 amide bonds. The molecule has 8 heteroatoms. The molecule has 3 aromatic rings. The molecular weight excluding hydrogens is 381 g/mol. The number of anilines is 3. The van der Waals surface area contributed by atoms with E-state index >= 15 is 0 Å². The lowest BCUT2D eigenvalue weighted by Gasteiger charge is -2.09. The van der Waals surface area contributed by atoms with E-state index in [2.05, 4.69) is 15.0 Å². The molecule has 0 aliphatic rings. The minimum absolute atomic E-state index is 0.0742. The normalized spacial score (nSPS) is 11.1. The summed E-state index contributed by atoms with van der Waals surface area (Å²) in [4.78, 5) is 4.19. The molecule has 2 N–H and O–H groups in total. The van der Waals surface area contributed by atoms with Crippen LogP contribution in [0.4, 0.5) is 17.2 Å². The van der Waals surface area contributed by atoms with E-state index in [1.165, 1.54) is 18.3 Å². The molecule has 0 spiro atoms. The maximum atomic E-state index is 12.3. The first kappa shape index (κ1) is 17.5. The van der Waals surface area contributed by atoms with E-state index in [0.717, 1.165) is 5.69 Å². The average Bonchev–Trinajstić information content (AvgIpc) is 2.58. The highest BCUT2D eigenvalue weighted by molar-refractivity contribution is 7.92. The van der Waals surface area contributed by atoms with Gasteiger partial charge in [-0.1, -0.05) is 29.3 Å². The van der Waals surface area contributed by atoms with E-state index in [0.29, 0.717) is 15.7 Å². The number of pyridine rings is 1. The van der Waals surface area contributed by atoms with Crippen molar-refractivity contribution < 1.29 is 8.42 Å². The lowest BCUT2D eigenvalue weighted by Crippen LogP contribution is -2.13. The molecule has 0 radical (unpaired) electrons. The Balaban J connectivity index is 1.73. The van der Waals surface area contributed by atoms with Crippen molar-refractivity contribution in [3.8, 4) is 0 Å². The zero-order valence-corrected chi connectivity index (χ0v) is 15.1. The molecule has 1 aromatic heterocycles. The Bertz CT molecular complexity index is 976. The van der Waals surface area contributed by atoms with Gasteiger partial charge >= 0.3 is 0 Å². The van der Waals surface area contributed by atoms with Gasteiger partial charge in [0.25, 0.3) is 10.0 Å². The van der Waals surface area contributed by atoms with Crippen molar-refractivity contribution in [2.75, 3.05) is 10.0 Å². The summed E-state index contributed by atoms with van der Waals surface area (Å²) in [6, 6.07) is 16.5. The Morgan fingerprint density at radius 1 is 0.840 bits per heavy atom. The molecule has 5 nitrogen and oxygen atoms in total. The number of rotatable bonds is 5. The van der Waals surface area contributed by atoms with Crippen molar-refractivity contribution in [2.45, 2.75) is 4.90 Å². The molecule has 0 aliphatic heterocycles. The van der Waals surface area contributed by atoms with Crippen LogP contribution in [0.25, 0.3) is 0 Å². The number of aromatic nitrogens is 1. The number of nitrogens with one attached hydrogen (secondary N) is 2. The Morgan fingerprint density at radius 3 is 2.20 bits per heavy atom. The maximum Gasteiger partial charge on any atom is 0.263 e. The van der Waals surface area contributed by atoms with Crippen molar-refractivity contribution in [3.05, 3.63) is 76.9 Å². The van der Waals surface area contributed by atoms with E-state index < -0.39 is 10.0 Å². The molecule has 128 valence electrons. The second-order valence-corrected chi connectivity index (χ2v) is 7.68. The SMILES string of the molecule is O=S(=O)(Nc1ccc(Nc2ccc(Cl)cc2)cn1)c1cccc(Cl)c1. The third kappa shape index (κ3) is 4.63. The summed E-state index contributed by atoms with van der Waals surface area (Å²) in [7, 11) is -3.74. The molecule has 0 saturated heterocycles. The van der Waals surface area contributed by atoms with Crippen LogP contribution < -0.4 is 10.0 Å². The van der Waals surface area contributed by atoms with Crippen LogP contribution in [0, 0.1) is 0 Å². The first-order chi connectivity index (χ1) is 11.9. The summed E-state index contributed by atoms with van der Waals surface area (Å²) in [6.45, 7) is 0. The molecule has 1 heterocycles. The largest absolute Gasteiger partial charge is 0.354 e. The van der Waals surface area contributed by atoms with E-state index in [4.69, 9.17) is 23.2 Å². The van der Waals surface area contributed by atoms with Crippen molar-refractivity contribution in [3.63, 3.8) is 0 Å². The number of hydrogen-bond acceptors (Lipinski definition) is 4. The van der Waals surface area contributed by atoms with Crippen LogP contribution in [0.3, 0.4) is 0 Å². The van der Waals surface area contributed by atoms with Gasteiger partial charge in [0.15, 0.2) is 0 Å². The van der Waals surface area contributed by atoms with Gasteiger partial charge in [0.2, 0.25) is 0 Å². The highest BCUT2D eigenvalue weighted by Gasteiger charge is 2.15. The third-order valence-corrected chi connectivity index (χ3v) is 5.08. The lowest BCUT2D eigenvalue weighted by molar-refractivity contribution is 0.601. The quantitative estimate of drug-likeness (QED) is 0.644. The standard InChI is InChI=1S/C17H13Cl2N3O2S/c18-12-4-6-14(7-5-12)21-15-8-9-17(20-11-15)22-25(23,24)16-3-1-2-13(19)10-16/h1-11,21H,(H,20,22). The molecule has 0 saturated carbocycles. The fourth-order valence-corrected chi connectivity index (χ4v) is 3.49. The fourth-order valence-electron chi connectivity index (χ4n) is 2.06. The number of benzene rings is 2. The minimum atomic E-state index is -3.74. The van der Waals surface area contributed by atoms with Crippen LogP contribution in [-0.4, -0.2) is 13.4 Å². The van der Waals surface area contributed by atoms with E-state index in [-0.39, 0.29) is 10.7 Å². The van der Waals surface area contributed by atoms with E-state index in [9.17, 15) is 8.42 Å². The first-order valence-corrected chi connectivity index (χ1v) is 9.43. The van der Waals surface area contributed by atoms with Gasteiger partial charge in [0, 0.05) is 15.7 Å². The molecule has 25 heavy (non-hydrogen) atoms. The number of hydrogen-bond donors (Lipinski definition) is 2. The first-order valence-electron chi connectivity index (χ1n) is 7.19. The van der Waals surface area contributed by atoms with Crippen LogP contribution in [0.2, 0.25) is 10.0 Å². The van der Waals surface area contributed by atoms with Gasteiger partial charge < -0.3 is 5.32 Å². The molecule has 0 fully saturated rings. The van der Waals surface area contributed by atoms with Crippen LogP contribution in [0.5, 0.6) is 0 Å². The maximum absolute atomic E-state index is 12.3. The molecule has 2 aromatic carbocycles. The van der Waals surface area contributed by atoms with Crippen LogP contribution >= 0.6 is 23.2 Å². The number of halogens is 2. The van der Waals surface area contributed by atoms with Gasteiger partial charge in [-0.2, -0.15) is 0 Å². The third-order valence-electron chi connectivity index (χ3n) is 3.24. The Morgan fingerprint density at radius 2 is 1.56 bits per heavy atom. The van der Waals surface area contributed by atoms with Gasteiger partial charge in [-0.25, -0.2) is 13.4 Å². The van der Waals surface area contributed by atoms with Gasteiger partial charge in [-0.15, -0.1) is 0 Å². The summed E-state index contributed by atoms with van der Waals surface area (Å²) in [5.74, 6) is 0.210. The predicted octanol–water partition coefficient (Wildman–Crippen LogP) is 4.93. The zero-order valence-electron chi connectivity index (χ0n) is 12.8. The van der Waals surface area contributed by atoms with Crippen molar-refractivity contribution in [2.24, 2.45) is 0 Å². The smallest absolute Gasteiger partial charge is 0.263 e. The lowest BCUT2D eigenvalue weighted by atomic mass is 10.3. The van der Waals surface area contributed by atoms with Crippen molar-refractivity contribution in [1.29, 1.82) is 0 Å². The summed E-state index contributed by atoms with van der Waals surface area (Å²) in [5, 5.41) is 4.14. The summed E-state index contributed by atoms with van der Waals surface area (Å²) >= 11 is 11.7. The topological polar surface area (TPSA) is 71.1 Å². The van der Waals surface area contributed by atoms with E-state index in [1.54, 1.807) is 36.4 Å². The van der Waals surface area contributed by atoms with Crippen LogP contribution in [-0.2, 0) is 10.0 Å². The summed E-state index contributed by atoms with van der Waals surface area (Å²) < 4.78 is 27.1. The average molecular weight is 394 g/mol. The molecule has 0 bridgehead atoms. The molecule has 3 rings (SSSR count). The minimum Gasteiger partial charge on any atom is -0.354 e. The Hall–Kier alpha value is -2.28. The Labute approximate surface area is 155 Å². The van der Waals surface area contributed by atoms with Gasteiger partial charge in [-0.3, -0.25) is 4.72 Å². The van der Waals surface area contributed by atoms with E-state index in [1.807, 2.05) is 12.1 Å². The van der Waals surface area contributed by atoms with Gasteiger partial charge in [-0.05, 0) is 54.6 Å². The van der Waals surface area contributed by atoms with Gasteiger partial charge in [0.05, 0.1) is 16.8 Å². The second-order valence-electron chi connectivity index (χ2n) is 5.13. The monoisotopic (exact) mass is 393 g/mol. The second kappa shape index (κ2) is 7.31. The van der Waals surface area contributed by atoms with Crippen LogP contribution in [0.1, 0.15) is 0 Å². The molecule has 0 aliphatic carbocycles. The van der Waals surface area contributed by atoms with Crippen molar-refractivity contribution in [1.82, 2.24) is 4.98 Å². The number of sulfonamides is 1. The zero-order chi connectivity index (χ0) is 17.9. The highest BCUT2D eigenvalue weighted by Crippen LogP contribution is 2.21. The number of nitrogens with zero attached hydrogens (tertiary/aromatic N) is 1. The fraction of sp³-hybridized carbons (Fsp3) is 0. The highest BCUT2D eigenvalue weighted by atomic mass is 35.5. The molecular formula is C17H13Cl2N3O2S. The molecule has 0 atom stereocenters. The molecule has 0 unspecified atom stereocenters. The summed E-state index contributed by atoms with van der Waals surface area (Å²) in [5.41, 5.74) is 1.56. The van der Waals surface area contributed by atoms with Crippen LogP contribution in [0.15, 0.2) is 71.8 Å².